The number of hydrogen-bond donors (Lipinski definition) is 3. The Hall–Kier alpha value is -0.650. The van der Waals surface area contributed by atoms with Gasteiger partial charge in [0, 0.05) is 19.2 Å². The number of amides is 1. The number of hydrogen-bond acceptors (Lipinski definition) is 4. The van der Waals surface area contributed by atoms with Crippen molar-refractivity contribution < 1.29 is 14.6 Å². The average molecular weight is 246 g/mol. The van der Waals surface area contributed by atoms with E-state index in [2.05, 4.69) is 24.5 Å². The number of aliphatic hydroxyl groups is 1. The van der Waals surface area contributed by atoms with Crippen molar-refractivity contribution in [2.45, 2.75) is 39.8 Å². The maximum Gasteiger partial charge on any atom is 0.234 e. The fraction of sp³-hybridized carbons (Fsp3) is 0.917. The van der Waals surface area contributed by atoms with Crippen LogP contribution < -0.4 is 10.6 Å². The molecule has 1 unspecified atom stereocenters. The molecule has 1 amide bonds. The lowest BCUT2D eigenvalue weighted by Crippen LogP contribution is -2.40. The largest absolute Gasteiger partial charge is 0.389 e. The average Bonchev–Trinajstić information content (AvgIpc) is 2.15. The van der Waals surface area contributed by atoms with Crippen LogP contribution >= 0.6 is 0 Å². The Morgan fingerprint density at radius 3 is 2.41 bits per heavy atom. The van der Waals surface area contributed by atoms with Gasteiger partial charge < -0.3 is 20.5 Å². The molecule has 0 aromatic carbocycles. The molecule has 0 aliphatic rings. The second-order valence-electron chi connectivity index (χ2n) is 4.94. The van der Waals surface area contributed by atoms with Crippen LogP contribution in [0.1, 0.15) is 27.7 Å². The summed E-state index contributed by atoms with van der Waals surface area (Å²) in [6, 6.07) is 0.142. The molecule has 5 nitrogen and oxygen atoms in total. The first-order chi connectivity index (χ1) is 7.91. The Bertz CT molecular complexity index is 208. The van der Waals surface area contributed by atoms with Crippen LogP contribution in [-0.4, -0.2) is 49.5 Å². The van der Waals surface area contributed by atoms with Crippen molar-refractivity contribution in [2.24, 2.45) is 5.92 Å². The maximum atomic E-state index is 11.3. The van der Waals surface area contributed by atoms with Crippen LogP contribution in [-0.2, 0) is 9.53 Å². The van der Waals surface area contributed by atoms with Gasteiger partial charge in [0.1, 0.15) is 0 Å². The fourth-order valence-corrected chi connectivity index (χ4v) is 1.22. The molecule has 0 aromatic heterocycles. The molecule has 3 N–H and O–H groups in total. The van der Waals surface area contributed by atoms with Crippen molar-refractivity contribution in [3.8, 4) is 0 Å². The van der Waals surface area contributed by atoms with E-state index in [0.717, 1.165) is 0 Å². The summed E-state index contributed by atoms with van der Waals surface area (Å²) in [7, 11) is 0. The normalized spacial score (nSPS) is 13.1. The molecule has 0 aliphatic heterocycles. The summed E-state index contributed by atoms with van der Waals surface area (Å²) in [5, 5.41) is 15.2. The van der Waals surface area contributed by atoms with Crippen LogP contribution in [0.4, 0.5) is 0 Å². The van der Waals surface area contributed by atoms with Crippen LogP contribution in [0.3, 0.4) is 0 Å². The molecule has 102 valence electrons. The molecule has 0 rings (SSSR count). The highest BCUT2D eigenvalue weighted by Crippen LogP contribution is 1.93. The summed E-state index contributed by atoms with van der Waals surface area (Å²) >= 11 is 0. The van der Waals surface area contributed by atoms with Crippen molar-refractivity contribution >= 4 is 5.91 Å². The van der Waals surface area contributed by atoms with Crippen LogP contribution in [0.25, 0.3) is 0 Å². The number of nitrogens with one attached hydrogen (secondary N) is 2. The molecular weight excluding hydrogens is 220 g/mol. The second-order valence-corrected chi connectivity index (χ2v) is 4.94. The SMILES string of the molecule is CC(C)COCC(O)CNCC(=O)NC(C)C. The number of aliphatic hydroxyl groups excluding tert-OH is 1. The lowest BCUT2D eigenvalue weighted by Gasteiger charge is -2.14. The Morgan fingerprint density at radius 2 is 1.88 bits per heavy atom. The van der Waals surface area contributed by atoms with Gasteiger partial charge in [-0.05, 0) is 19.8 Å². The molecule has 0 bridgehead atoms. The molecule has 0 saturated carbocycles. The van der Waals surface area contributed by atoms with E-state index < -0.39 is 6.10 Å². The molecule has 0 radical (unpaired) electrons. The molecule has 0 spiro atoms. The fourth-order valence-electron chi connectivity index (χ4n) is 1.22. The third kappa shape index (κ3) is 11.6. The van der Waals surface area contributed by atoms with Crippen molar-refractivity contribution in [2.75, 3.05) is 26.3 Å². The van der Waals surface area contributed by atoms with Gasteiger partial charge in [-0.3, -0.25) is 4.79 Å². The Morgan fingerprint density at radius 1 is 1.24 bits per heavy atom. The first-order valence-corrected chi connectivity index (χ1v) is 6.17. The van der Waals surface area contributed by atoms with Gasteiger partial charge in [0.15, 0.2) is 0 Å². The third-order valence-corrected chi connectivity index (χ3v) is 1.88. The minimum Gasteiger partial charge on any atom is -0.389 e. The molecule has 1 atom stereocenters. The standard InChI is InChI=1S/C12H26N2O3/c1-9(2)7-17-8-11(15)5-13-6-12(16)14-10(3)4/h9-11,13,15H,5-8H2,1-4H3,(H,14,16). The lowest BCUT2D eigenvalue weighted by molar-refractivity contribution is -0.120. The first kappa shape index (κ1) is 16.4. The van der Waals surface area contributed by atoms with Gasteiger partial charge in [0.05, 0.1) is 19.3 Å². The zero-order chi connectivity index (χ0) is 13.3. The van der Waals surface area contributed by atoms with E-state index >= 15 is 0 Å². The van der Waals surface area contributed by atoms with E-state index in [1.165, 1.54) is 0 Å². The summed E-state index contributed by atoms with van der Waals surface area (Å²) in [4.78, 5) is 11.3. The Balaban J connectivity index is 3.44. The second kappa shape index (κ2) is 9.39. The van der Waals surface area contributed by atoms with Gasteiger partial charge in [0.25, 0.3) is 0 Å². The molecule has 17 heavy (non-hydrogen) atoms. The zero-order valence-electron chi connectivity index (χ0n) is 11.3. The smallest absolute Gasteiger partial charge is 0.234 e. The van der Waals surface area contributed by atoms with Crippen molar-refractivity contribution in [1.82, 2.24) is 10.6 Å². The van der Waals surface area contributed by atoms with Crippen molar-refractivity contribution in [3.05, 3.63) is 0 Å². The van der Waals surface area contributed by atoms with Gasteiger partial charge in [-0.25, -0.2) is 0 Å². The zero-order valence-corrected chi connectivity index (χ0v) is 11.3. The number of ether oxygens (including phenoxy) is 1. The van der Waals surface area contributed by atoms with Crippen LogP contribution in [0.5, 0.6) is 0 Å². The molecule has 0 aliphatic carbocycles. The summed E-state index contributed by atoms with van der Waals surface area (Å²) in [6.45, 7) is 9.46. The van der Waals surface area contributed by atoms with Crippen LogP contribution in [0.2, 0.25) is 0 Å². The van der Waals surface area contributed by atoms with Crippen LogP contribution in [0.15, 0.2) is 0 Å². The van der Waals surface area contributed by atoms with E-state index in [4.69, 9.17) is 4.74 Å². The maximum absolute atomic E-state index is 11.3. The van der Waals surface area contributed by atoms with Crippen molar-refractivity contribution in [3.63, 3.8) is 0 Å². The van der Waals surface area contributed by atoms with Gasteiger partial charge >= 0.3 is 0 Å². The van der Waals surface area contributed by atoms with Gasteiger partial charge in [-0.2, -0.15) is 0 Å². The molecule has 0 heterocycles. The summed E-state index contributed by atoms with van der Waals surface area (Å²) in [5.41, 5.74) is 0. The van der Waals surface area contributed by atoms with E-state index in [1.54, 1.807) is 0 Å². The van der Waals surface area contributed by atoms with E-state index in [1.807, 2.05) is 13.8 Å². The molecule has 0 aromatic rings. The van der Waals surface area contributed by atoms with Crippen molar-refractivity contribution in [1.29, 1.82) is 0 Å². The Kier molecular flexibility index (Phi) is 9.03. The highest BCUT2D eigenvalue weighted by atomic mass is 16.5. The van der Waals surface area contributed by atoms with E-state index in [9.17, 15) is 9.90 Å². The summed E-state index contributed by atoms with van der Waals surface area (Å²) < 4.78 is 5.29. The van der Waals surface area contributed by atoms with Crippen LogP contribution in [0, 0.1) is 5.92 Å². The monoisotopic (exact) mass is 246 g/mol. The quantitative estimate of drug-likeness (QED) is 0.541. The molecule has 0 saturated heterocycles. The topological polar surface area (TPSA) is 70.6 Å². The molecule has 5 heteroatoms. The van der Waals surface area contributed by atoms with Gasteiger partial charge in [-0.1, -0.05) is 13.8 Å². The molecular formula is C12H26N2O3. The van der Waals surface area contributed by atoms with Gasteiger partial charge in [-0.15, -0.1) is 0 Å². The highest BCUT2D eigenvalue weighted by Gasteiger charge is 2.07. The number of carbonyl (C=O) groups excluding carboxylic acids is 1. The van der Waals surface area contributed by atoms with E-state index in [0.29, 0.717) is 25.7 Å². The number of carbonyl (C=O) groups is 1. The highest BCUT2D eigenvalue weighted by molar-refractivity contribution is 5.78. The number of rotatable bonds is 9. The summed E-state index contributed by atoms with van der Waals surface area (Å²) in [5.74, 6) is 0.405. The molecule has 0 fully saturated rings. The predicted octanol–water partition coefficient (Wildman–Crippen LogP) is 0.134. The predicted molar refractivity (Wildman–Crippen MR) is 67.8 cm³/mol. The Labute approximate surface area is 104 Å². The first-order valence-electron chi connectivity index (χ1n) is 6.17. The minimum absolute atomic E-state index is 0.0599. The van der Waals surface area contributed by atoms with E-state index in [-0.39, 0.29) is 18.5 Å². The third-order valence-electron chi connectivity index (χ3n) is 1.88. The lowest BCUT2D eigenvalue weighted by atomic mass is 10.2. The summed E-state index contributed by atoms with van der Waals surface area (Å²) in [6.07, 6.45) is -0.569. The van der Waals surface area contributed by atoms with Gasteiger partial charge in [0.2, 0.25) is 5.91 Å². The minimum atomic E-state index is -0.569.